The number of hydrogen-bond donors (Lipinski definition) is 1. The Kier molecular flexibility index (Phi) is 6.29. The van der Waals surface area contributed by atoms with Crippen molar-refractivity contribution in [2.75, 3.05) is 33.8 Å². The third-order valence-corrected chi connectivity index (χ3v) is 5.56. The van der Waals surface area contributed by atoms with Gasteiger partial charge in [0.25, 0.3) is 0 Å². The molecule has 1 aromatic carbocycles. The highest BCUT2D eigenvalue weighted by Crippen LogP contribution is 2.24. The fraction of sp³-hybridized carbons (Fsp3) is 0.571. The quantitative estimate of drug-likeness (QED) is 0.874. The second-order valence-corrected chi connectivity index (χ2v) is 8.05. The van der Waals surface area contributed by atoms with E-state index in [1.54, 1.807) is 6.07 Å². The zero-order valence-corrected chi connectivity index (χ0v) is 16.8. The van der Waals surface area contributed by atoms with Gasteiger partial charge in [0.15, 0.2) is 0 Å². The molecule has 2 aromatic rings. The van der Waals surface area contributed by atoms with Gasteiger partial charge in [-0.1, -0.05) is 0 Å². The maximum absolute atomic E-state index is 14.1. The molecular formula is C21H31FN4O. The Balaban J connectivity index is 1.91. The molecule has 6 heteroatoms. The minimum atomic E-state index is -0.229. The van der Waals surface area contributed by atoms with E-state index >= 15 is 0 Å². The molecule has 148 valence electrons. The van der Waals surface area contributed by atoms with E-state index in [0.29, 0.717) is 12.6 Å². The molecule has 1 N–H and O–H groups in total. The number of nitrogens with zero attached hydrogens (tertiary/aromatic N) is 4. The molecule has 0 saturated carbocycles. The predicted molar refractivity (Wildman–Crippen MR) is 106 cm³/mol. The van der Waals surface area contributed by atoms with Gasteiger partial charge in [0.05, 0.1) is 11.4 Å². The summed E-state index contributed by atoms with van der Waals surface area (Å²) >= 11 is 0. The first-order valence-electron chi connectivity index (χ1n) is 9.69. The molecule has 1 fully saturated rings. The van der Waals surface area contributed by atoms with Gasteiger partial charge in [0.1, 0.15) is 5.82 Å². The second kappa shape index (κ2) is 8.50. The van der Waals surface area contributed by atoms with E-state index in [9.17, 15) is 9.50 Å². The summed E-state index contributed by atoms with van der Waals surface area (Å²) < 4.78 is 16.0. The average Bonchev–Trinajstić information content (AvgIpc) is 2.82. The van der Waals surface area contributed by atoms with Crippen molar-refractivity contribution in [2.24, 2.45) is 5.92 Å². The number of likely N-dealkylation sites (tertiary alicyclic amines) is 1. The van der Waals surface area contributed by atoms with Crippen LogP contribution in [-0.4, -0.2) is 64.5 Å². The zero-order valence-electron chi connectivity index (χ0n) is 16.8. The molecular weight excluding hydrogens is 343 g/mol. The van der Waals surface area contributed by atoms with E-state index in [1.165, 1.54) is 6.07 Å². The molecule has 0 amide bonds. The van der Waals surface area contributed by atoms with E-state index in [2.05, 4.69) is 29.0 Å². The van der Waals surface area contributed by atoms with Crippen molar-refractivity contribution >= 4 is 0 Å². The van der Waals surface area contributed by atoms with Gasteiger partial charge in [-0.25, -0.2) is 9.07 Å². The van der Waals surface area contributed by atoms with Crippen molar-refractivity contribution in [1.29, 1.82) is 0 Å². The van der Waals surface area contributed by atoms with Crippen LogP contribution >= 0.6 is 0 Å². The largest absolute Gasteiger partial charge is 0.396 e. The molecule has 27 heavy (non-hydrogen) atoms. The second-order valence-electron chi connectivity index (χ2n) is 8.05. The van der Waals surface area contributed by atoms with Crippen LogP contribution in [0.3, 0.4) is 0 Å². The molecule has 0 spiro atoms. The fourth-order valence-electron chi connectivity index (χ4n) is 4.05. The number of aryl methyl sites for hydroxylation is 2. The van der Waals surface area contributed by atoms with E-state index in [1.807, 2.05) is 30.7 Å². The Morgan fingerprint density at radius 1 is 1.19 bits per heavy atom. The summed E-state index contributed by atoms with van der Waals surface area (Å²) in [5.74, 6) is 0.0358. The van der Waals surface area contributed by atoms with Gasteiger partial charge >= 0.3 is 0 Å². The summed E-state index contributed by atoms with van der Waals surface area (Å²) in [5, 5.41) is 14.3. The first kappa shape index (κ1) is 20.0. The van der Waals surface area contributed by atoms with Gasteiger partial charge in [0, 0.05) is 38.0 Å². The summed E-state index contributed by atoms with van der Waals surface area (Å²) in [5.41, 5.74) is 3.84. The van der Waals surface area contributed by atoms with Crippen molar-refractivity contribution in [2.45, 2.75) is 39.3 Å². The molecule has 1 aromatic heterocycles. The minimum Gasteiger partial charge on any atom is -0.396 e. The molecule has 0 radical (unpaired) electrons. The van der Waals surface area contributed by atoms with Crippen LogP contribution in [0.1, 0.15) is 29.8 Å². The van der Waals surface area contributed by atoms with Gasteiger partial charge < -0.3 is 10.0 Å². The minimum absolute atomic E-state index is 0.199. The third-order valence-electron chi connectivity index (χ3n) is 5.56. The number of hydrogen-bond acceptors (Lipinski definition) is 4. The topological polar surface area (TPSA) is 44.5 Å². The van der Waals surface area contributed by atoms with Crippen LogP contribution in [0.4, 0.5) is 4.39 Å². The number of halogens is 1. The first-order valence-corrected chi connectivity index (χ1v) is 9.69. The van der Waals surface area contributed by atoms with Crippen molar-refractivity contribution < 1.29 is 9.50 Å². The van der Waals surface area contributed by atoms with E-state index < -0.39 is 0 Å². The summed E-state index contributed by atoms with van der Waals surface area (Å²) in [6.45, 7) is 6.57. The van der Waals surface area contributed by atoms with E-state index in [-0.39, 0.29) is 18.3 Å². The van der Waals surface area contributed by atoms with Crippen LogP contribution in [0.2, 0.25) is 0 Å². The third kappa shape index (κ3) is 4.75. The maximum Gasteiger partial charge on any atom is 0.123 e. The Labute approximate surface area is 161 Å². The summed E-state index contributed by atoms with van der Waals surface area (Å²) in [7, 11) is 4.21. The molecule has 2 atom stereocenters. The molecule has 1 aliphatic heterocycles. The predicted octanol–water partition coefficient (Wildman–Crippen LogP) is 2.76. The highest BCUT2D eigenvalue weighted by atomic mass is 19.1. The normalized spacial score (nSPS) is 21.6. The number of benzene rings is 1. The number of aliphatic hydroxyl groups is 1. The first-order chi connectivity index (χ1) is 12.9. The van der Waals surface area contributed by atoms with Crippen LogP contribution in [0.15, 0.2) is 24.3 Å². The van der Waals surface area contributed by atoms with E-state index in [0.717, 1.165) is 48.6 Å². The van der Waals surface area contributed by atoms with Gasteiger partial charge in [-0.3, -0.25) is 4.90 Å². The van der Waals surface area contributed by atoms with Crippen molar-refractivity contribution in [3.05, 3.63) is 47.0 Å². The lowest BCUT2D eigenvalue weighted by atomic mass is 10.0. The highest BCUT2D eigenvalue weighted by Gasteiger charge is 2.26. The number of rotatable bonds is 5. The van der Waals surface area contributed by atoms with Gasteiger partial charge in [-0.05, 0) is 76.5 Å². The summed E-state index contributed by atoms with van der Waals surface area (Å²) in [6, 6.07) is 7.40. The van der Waals surface area contributed by atoms with Crippen molar-refractivity contribution in [1.82, 2.24) is 19.6 Å². The number of aromatic nitrogens is 2. The van der Waals surface area contributed by atoms with Gasteiger partial charge in [-0.15, -0.1) is 0 Å². The van der Waals surface area contributed by atoms with Crippen molar-refractivity contribution in [3.8, 4) is 5.69 Å². The zero-order chi connectivity index (χ0) is 19.6. The van der Waals surface area contributed by atoms with Gasteiger partial charge in [0.2, 0.25) is 0 Å². The molecule has 0 aliphatic carbocycles. The molecule has 2 heterocycles. The van der Waals surface area contributed by atoms with Crippen molar-refractivity contribution in [3.63, 3.8) is 0 Å². The van der Waals surface area contributed by atoms with Gasteiger partial charge in [-0.2, -0.15) is 5.10 Å². The monoisotopic (exact) mass is 374 g/mol. The number of aliphatic hydroxyl groups excluding tert-OH is 1. The molecule has 3 rings (SSSR count). The molecule has 5 nitrogen and oxygen atoms in total. The van der Waals surface area contributed by atoms with E-state index in [4.69, 9.17) is 0 Å². The Hall–Kier alpha value is -1.76. The van der Waals surface area contributed by atoms with Crippen LogP contribution in [0.25, 0.3) is 5.69 Å². The van der Waals surface area contributed by atoms with Crippen LogP contribution < -0.4 is 0 Å². The Morgan fingerprint density at radius 2 is 1.96 bits per heavy atom. The molecule has 1 aliphatic rings. The average molecular weight is 375 g/mol. The Bertz CT molecular complexity index is 774. The highest BCUT2D eigenvalue weighted by molar-refractivity contribution is 5.42. The Morgan fingerprint density at radius 3 is 2.59 bits per heavy atom. The van der Waals surface area contributed by atoms with Crippen LogP contribution in [-0.2, 0) is 6.54 Å². The lowest BCUT2D eigenvalue weighted by molar-refractivity contribution is 0.158. The lowest BCUT2D eigenvalue weighted by Gasteiger charge is -2.29. The molecule has 0 bridgehead atoms. The smallest absolute Gasteiger partial charge is 0.123 e. The molecule has 1 saturated heterocycles. The van der Waals surface area contributed by atoms with Crippen LogP contribution in [0.5, 0.6) is 0 Å². The fourth-order valence-corrected chi connectivity index (χ4v) is 4.05. The van der Waals surface area contributed by atoms with Crippen LogP contribution in [0, 0.1) is 25.6 Å². The number of likely N-dealkylation sites (N-methyl/N-ethyl adjacent to an activating group) is 1. The SMILES string of the molecule is Cc1cc(C)n(-c2ccc(F)cc2CN2C[C@@H](CO)CC[C@@H](N(C)C)C2)n1. The molecule has 0 unspecified atom stereocenters. The lowest BCUT2D eigenvalue weighted by Crippen LogP contribution is -2.39. The summed E-state index contributed by atoms with van der Waals surface area (Å²) in [6.07, 6.45) is 2.09. The summed E-state index contributed by atoms with van der Waals surface area (Å²) in [4.78, 5) is 4.60. The standard InChI is InChI=1S/C21H31FN4O/c1-15-9-16(2)26(23-15)21-8-6-19(22)10-18(21)12-25-11-17(14-27)5-7-20(13-25)24(3)4/h6,8-10,17,20,27H,5,7,11-14H2,1-4H3/t17-,20+/m0/s1. The maximum atomic E-state index is 14.1.